The van der Waals surface area contributed by atoms with Gasteiger partial charge in [-0.15, -0.1) is 0 Å². The van der Waals surface area contributed by atoms with E-state index in [9.17, 15) is 0 Å². The van der Waals surface area contributed by atoms with Gasteiger partial charge in [-0.25, -0.2) is 4.98 Å². The fraction of sp³-hybridized carbons (Fsp3) is 0.500. The number of aliphatic imine (C=N–C) groups is 1. The minimum absolute atomic E-state index is 0.452. The van der Waals surface area contributed by atoms with Crippen LogP contribution in [-0.2, 0) is 6.54 Å². The van der Waals surface area contributed by atoms with Crippen molar-refractivity contribution in [2.45, 2.75) is 32.7 Å². The van der Waals surface area contributed by atoms with Crippen LogP contribution in [0.25, 0.3) is 0 Å². The molecule has 1 atom stereocenters. The molecule has 0 fully saturated rings. The maximum atomic E-state index is 4.68. The van der Waals surface area contributed by atoms with Gasteiger partial charge >= 0.3 is 0 Å². The van der Waals surface area contributed by atoms with Gasteiger partial charge in [0.05, 0.1) is 6.33 Å². The summed E-state index contributed by atoms with van der Waals surface area (Å²) in [5, 5.41) is 11.0. The fourth-order valence-electron chi connectivity index (χ4n) is 2.12. The lowest BCUT2D eigenvalue weighted by Gasteiger charge is -2.13. The molecule has 2 aromatic heterocycles. The van der Waals surface area contributed by atoms with Crippen LogP contribution in [0.4, 0.5) is 0 Å². The van der Waals surface area contributed by atoms with E-state index in [1.54, 1.807) is 11.3 Å². The Bertz CT molecular complexity index is 533. The average Bonchev–Trinajstić information content (AvgIpc) is 3.21. The Hall–Kier alpha value is -1.82. The van der Waals surface area contributed by atoms with Crippen LogP contribution in [0.2, 0.25) is 0 Å². The minimum atomic E-state index is 0.452. The zero-order chi connectivity index (χ0) is 15.6. The Balaban J connectivity index is 1.74. The molecule has 2 rings (SSSR count). The predicted octanol–water partition coefficient (Wildman–Crippen LogP) is 2.69. The number of rotatable bonds is 8. The van der Waals surface area contributed by atoms with Crippen molar-refractivity contribution in [3.63, 3.8) is 0 Å². The number of nitrogens with one attached hydrogen (secondary N) is 2. The van der Waals surface area contributed by atoms with Crippen molar-refractivity contribution < 1.29 is 0 Å². The van der Waals surface area contributed by atoms with Gasteiger partial charge in [-0.2, -0.15) is 11.3 Å². The summed E-state index contributed by atoms with van der Waals surface area (Å²) >= 11 is 1.74. The molecule has 0 spiro atoms. The number of hydrogen-bond acceptors (Lipinski definition) is 3. The zero-order valence-electron chi connectivity index (χ0n) is 13.3. The lowest BCUT2D eigenvalue weighted by molar-refractivity contribution is 0.623. The summed E-state index contributed by atoms with van der Waals surface area (Å²) in [5.41, 5.74) is 1.37. The standard InChI is InChI=1S/C16H25N5S/c1-3-18-16(19-6-4-8-21-9-7-17-13-21)20-11-14(2)15-5-10-22-12-15/h5,7,9-10,12-14H,3-4,6,8,11H2,1-2H3,(H2,18,19,20). The molecule has 2 aromatic rings. The largest absolute Gasteiger partial charge is 0.357 e. The monoisotopic (exact) mass is 319 g/mol. The summed E-state index contributed by atoms with van der Waals surface area (Å²) in [6, 6.07) is 2.18. The highest BCUT2D eigenvalue weighted by atomic mass is 32.1. The molecule has 0 amide bonds. The Morgan fingerprint density at radius 2 is 2.36 bits per heavy atom. The van der Waals surface area contributed by atoms with Crippen molar-refractivity contribution in [2.24, 2.45) is 4.99 Å². The van der Waals surface area contributed by atoms with Crippen molar-refractivity contribution in [3.8, 4) is 0 Å². The van der Waals surface area contributed by atoms with Crippen molar-refractivity contribution in [3.05, 3.63) is 41.1 Å². The molecule has 0 aliphatic heterocycles. The molecular formula is C16H25N5S. The molecule has 0 aromatic carbocycles. The first kappa shape index (κ1) is 16.5. The summed E-state index contributed by atoms with van der Waals surface area (Å²) in [6.45, 7) is 7.85. The summed E-state index contributed by atoms with van der Waals surface area (Å²) < 4.78 is 2.09. The van der Waals surface area contributed by atoms with Crippen LogP contribution in [0.3, 0.4) is 0 Å². The van der Waals surface area contributed by atoms with Crippen LogP contribution < -0.4 is 10.6 Å². The highest BCUT2D eigenvalue weighted by Gasteiger charge is 2.05. The number of guanidine groups is 1. The highest BCUT2D eigenvalue weighted by molar-refractivity contribution is 7.07. The topological polar surface area (TPSA) is 54.2 Å². The van der Waals surface area contributed by atoms with E-state index in [0.717, 1.165) is 38.6 Å². The minimum Gasteiger partial charge on any atom is -0.357 e. The Morgan fingerprint density at radius 3 is 3.05 bits per heavy atom. The second kappa shape index (κ2) is 9.25. The van der Waals surface area contributed by atoms with E-state index in [-0.39, 0.29) is 0 Å². The Morgan fingerprint density at radius 1 is 1.45 bits per heavy atom. The van der Waals surface area contributed by atoms with Crippen LogP contribution in [0, 0.1) is 0 Å². The molecule has 5 nitrogen and oxygen atoms in total. The van der Waals surface area contributed by atoms with Crippen molar-refractivity contribution >= 4 is 17.3 Å². The molecule has 2 N–H and O–H groups in total. The number of thiophene rings is 1. The number of aromatic nitrogens is 2. The van der Waals surface area contributed by atoms with Crippen molar-refractivity contribution in [1.82, 2.24) is 20.2 Å². The molecule has 0 aliphatic carbocycles. The highest BCUT2D eigenvalue weighted by Crippen LogP contribution is 2.18. The normalized spacial score (nSPS) is 13.1. The van der Waals surface area contributed by atoms with Crippen LogP contribution >= 0.6 is 11.3 Å². The molecule has 120 valence electrons. The van der Waals surface area contributed by atoms with Crippen molar-refractivity contribution in [2.75, 3.05) is 19.6 Å². The smallest absolute Gasteiger partial charge is 0.191 e. The van der Waals surface area contributed by atoms with Gasteiger partial charge in [0.15, 0.2) is 5.96 Å². The molecule has 0 radical (unpaired) electrons. The maximum absolute atomic E-state index is 4.68. The maximum Gasteiger partial charge on any atom is 0.191 e. The van der Waals surface area contributed by atoms with Gasteiger partial charge in [0.2, 0.25) is 0 Å². The van der Waals surface area contributed by atoms with Crippen LogP contribution in [-0.4, -0.2) is 35.1 Å². The zero-order valence-corrected chi connectivity index (χ0v) is 14.1. The number of hydrogen-bond donors (Lipinski definition) is 2. The first-order valence-corrected chi connectivity index (χ1v) is 8.74. The lowest BCUT2D eigenvalue weighted by Crippen LogP contribution is -2.38. The summed E-state index contributed by atoms with van der Waals surface area (Å²) in [6.07, 6.45) is 6.69. The van der Waals surface area contributed by atoms with Crippen molar-refractivity contribution in [1.29, 1.82) is 0 Å². The van der Waals surface area contributed by atoms with E-state index < -0.39 is 0 Å². The Kier molecular flexibility index (Phi) is 6.96. The van der Waals surface area contributed by atoms with Gasteiger partial charge in [0, 0.05) is 44.5 Å². The predicted molar refractivity (Wildman–Crippen MR) is 93.6 cm³/mol. The molecule has 1 unspecified atom stereocenters. The van der Waals surface area contributed by atoms with Crippen LogP contribution in [0.5, 0.6) is 0 Å². The molecule has 0 saturated carbocycles. The van der Waals surface area contributed by atoms with Gasteiger partial charge in [-0.3, -0.25) is 4.99 Å². The fourth-order valence-corrected chi connectivity index (χ4v) is 2.90. The van der Waals surface area contributed by atoms with E-state index in [2.05, 4.69) is 55.9 Å². The Labute approximate surface area is 136 Å². The number of aryl methyl sites for hydroxylation is 1. The first-order chi connectivity index (χ1) is 10.8. The number of imidazole rings is 1. The van der Waals surface area contributed by atoms with E-state index in [1.807, 2.05) is 18.7 Å². The van der Waals surface area contributed by atoms with E-state index in [1.165, 1.54) is 5.56 Å². The molecule has 22 heavy (non-hydrogen) atoms. The first-order valence-electron chi connectivity index (χ1n) is 7.79. The lowest BCUT2D eigenvalue weighted by atomic mass is 10.1. The third kappa shape index (κ3) is 5.52. The second-order valence-corrected chi connectivity index (χ2v) is 6.04. The molecule has 0 aliphatic rings. The molecule has 0 saturated heterocycles. The summed E-state index contributed by atoms with van der Waals surface area (Å²) in [7, 11) is 0. The third-order valence-electron chi connectivity index (χ3n) is 3.42. The molecule has 0 bridgehead atoms. The van der Waals surface area contributed by atoms with Gasteiger partial charge in [-0.05, 0) is 35.7 Å². The molecule has 6 heteroatoms. The third-order valence-corrected chi connectivity index (χ3v) is 4.13. The van der Waals surface area contributed by atoms with Gasteiger partial charge < -0.3 is 15.2 Å². The van der Waals surface area contributed by atoms with Gasteiger partial charge in [0.25, 0.3) is 0 Å². The van der Waals surface area contributed by atoms with Gasteiger partial charge in [-0.1, -0.05) is 6.92 Å². The molecule has 2 heterocycles. The SMILES string of the molecule is CCNC(=NCC(C)c1ccsc1)NCCCn1ccnc1. The van der Waals surface area contributed by atoms with E-state index >= 15 is 0 Å². The molecular weight excluding hydrogens is 294 g/mol. The average molecular weight is 319 g/mol. The quantitative estimate of drug-likeness (QED) is 0.447. The van der Waals surface area contributed by atoms with E-state index in [0.29, 0.717) is 5.92 Å². The van der Waals surface area contributed by atoms with Crippen LogP contribution in [0.1, 0.15) is 31.7 Å². The summed E-state index contributed by atoms with van der Waals surface area (Å²) in [5.74, 6) is 1.35. The summed E-state index contributed by atoms with van der Waals surface area (Å²) in [4.78, 5) is 8.73. The van der Waals surface area contributed by atoms with Gasteiger partial charge in [0.1, 0.15) is 0 Å². The van der Waals surface area contributed by atoms with Crippen LogP contribution in [0.15, 0.2) is 40.5 Å². The number of nitrogens with zero attached hydrogens (tertiary/aromatic N) is 3. The van der Waals surface area contributed by atoms with E-state index in [4.69, 9.17) is 0 Å². The second-order valence-electron chi connectivity index (χ2n) is 5.26.